The van der Waals surface area contributed by atoms with Gasteiger partial charge in [-0.05, 0) is 49.2 Å². The molecule has 1 aliphatic rings. The summed E-state index contributed by atoms with van der Waals surface area (Å²) in [5, 5.41) is 0.275. The van der Waals surface area contributed by atoms with Gasteiger partial charge in [0.05, 0.1) is 11.3 Å². The maximum absolute atomic E-state index is 13.5. The summed E-state index contributed by atoms with van der Waals surface area (Å²) in [7, 11) is 0. The lowest BCUT2D eigenvalue weighted by molar-refractivity contribution is -0.137. The van der Waals surface area contributed by atoms with Crippen LogP contribution < -0.4 is 4.74 Å². The number of aromatic amines is 1. The second-order valence-corrected chi connectivity index (χ2v) is 8.26. The van der Waals surface area contributed by atoms with Gasteiger partial charge in [-0.15, -0.1) is 0 Å². The molecule has 1 aromatic carbocycles. The number of nitrogens with one attached hydrogen (secondary N) is 1. The van der Waals surface area contributed by atoms with Gasteiger partial charge in [0, 0.05) is 30.5 Å². The molecular formula is C22H19ClF5N3O. The number of H-pyrrole nitrogens is 1. The number of nitrogens with zero attached hydrogens (tertiary/aromatic N) is 2. The SMILES string of the molecule is Cc1cc(-c2nc(C3CCC(F)(F)C3)[nH]c2Cl)ccc1OCc1ccc(C(F)(F)F)cn1. The standard InChI is InChI=1S/C22H19ClF5N3O/c1-12-8-13(18-19(23)31-20(30-18)14-6-7-21(24,25)9-14)2-5-17(12)32-11-16-4-3-15(10-29-16)22(26,27)28/h2-5,8,10,14H,6-7,9,11H2,1H3,(H,30,31). The highest BCUT2D eigenvalue weighted by Crippen LogP contribution is 2.44. The van der Waals surface area contributed by atoms with Crippen LogP contribution in [0.1, 0.15) is 47.8 Å². The van der Waals surface area contributed by atoms with Gasteiger partial charge in [-0.3, -0.25) is 4.98 Å². The van der Waals surface area contributed by atoms with Crippen molar-refractivity contribution < 1.29 is 26.7 Å². The van der Waals surface area contributed by atoms with Crippen molar-refractivity contribution in [2.75, 3.05) is 0 Å². The van der Waals surface area contributed by atoms with E-state index in [1.165, 1.54) is 6.07 Å². The zero-order valence-electron chi connectivity index (χ0n) is 16.9. The summed E-state index contributed by atoms with van der Waals surface area (Å²) >= 11 is 6.28. The molecule has 0 bridgehead atoms. The van der Waals surface area contributed by atoms with Gasteiger partial charge in [0.2, 0.25) is 5.92 Å². The molecule has 0 amide bonds. The van der Waals surface area contributed by atoms with Gasteiger partial charge in [0.25, 0.3) is 0 Å². The highest BCUT2D eigenvalue weighted by Gasteiger charge is 2.41. The first-order valence-electron chi connectivity index (χ1n) is 9.91. The van der Waals surface area contributed by atoms with Gasteiger partial charge < -0.3 is 9.72 Å². The van der Waals surface area contributed by atoms with E-state index in [9.17, 15) is 22.0 Å². The van der Waals surface area contributed by atoms with E-state index < -0.39 is 17.7 Å². The van der Waals surface area contributed by atoms with Crippen LogP contribution in [0.3, 0.4) is 0 Å². The summed E-state index contributed by atoms with van der Waals surface area (Å²) in [5.41, 5.74) is 1.45. The molecule has 2 heterocycles. The van der Waals surface area contributed by atoms with Crippen molar-refractivity contribution in [2.45, 2.75) is 50.8 Å². The molecule has 0 spiro atoms. The van der Waals surface area contributed by atoms with E-state index in [0.717, 1.165) is 17.8 Å². The smallest absolute Gasteiger partial charge is 0.417 e. The summed E-state index contributed by atoms with van der Waals surface area (Å²) < 4.78 is 70.6. The molecular weight excluding hydrogens is 453 g/mol. The van der Waals surface area contributed by atoms with Crippen molar-refractivity contribution in [3.05, 3.63) is 64.3 Å². The van der Waals surface area contributed by atoms with Gasteiger partial charge in [-0.2, -0.15) is 13.2 Å². The third-order valence-electron chi connectivity index (χ3n) is 5.44. The third-order valence-corrected chi connectivity index (χ3v) is 5.72. The fourth-order valence-corrected chi connectivity index (χ4v) is 3.97. The van der Waals surface area contributed by atoms with Crippen LogP contribution in [0.15, 0.2) is 36.5 Å². The fourth-order valence-electron chi connectivity index (χ4n) is 3.73. The summed E-state index contributed by atoms with van der Waals surface area (Å²) in [6.07, 6.45) is -3.73. The Bertz CT molecular complexity index is 1110. The summed E-state index contributed by atoms with van der Waals surface area (Å²) in [6.45, 7) is 1.81. The number of hydrogen-bond acceptors (Lipinski definition) is 3. The van der Waals surface area contributed by atoms with E-state index in [4.69, 9.17) is 16.3 Å². The van der Waals surface area contributed by atoms with Crippen LogP contribution in [-0.4, -0.2) is 20.9 Å². The maximum atomic E-state index is 13.5. The van der Waals surface area contributed by atoms with Gasteiger partial charge in [-0.25, -0.2) is 13.8 Å². The van der Waals surface area contributed by atoms with E-state index in [1.807, 2.05) is 0 Å². The molecule has 1 aliphatic carbocycles. The van der Waals surface area contributed by atoms with Crippen molar-refractivity contribution >= 4 is 11.6 Å². The summed E-state index contributed by atoms with van der Waals surface area (Å²) in [5.74, 6) is -2.07. The predicted octanol–water partition coefficient (Wildman–Crippen LogP) is 6.93. The Morgan fingerprint density at radius 2 is 2.00 bits per heavy atom. The van der Waals surface area contributed by atoms with Gasteiger partial charge >= 0.3 is 6.18 Å². The number of hydrogen-bond donors (Lipinski definition) is 1. The number of ether oxygens (including phenoxy) is 1. The van der Waals surface area contributed by atoms with Crippen molar-refractivity contribution in [2.24, 2.45) is 0 Å². The Hall–Kier alpha value is -2.68. The molecule has 2 aromatic heterocycles. The van der Waals surface area contributed by atoms with Crippen molar-refractivity contribution in [1.82, 2.24) is 15.0 Å². The molecule has 4 nitrogen and oxygen atoms in total. The third kappa shape index (κ3) is 4.87. The second kappa shape index (κ2) is 8.35. The molecule has 170 valence electrons. The number of rotatable bonds is 5. The number of alkyl halides is 5. The fraction of sp³-hybridized carbons (Fsp3) is 0.364. The van der Waals surface area contributed by atoms with E-state index in [1.54, 1.807) is 25.1 Å². The molecule has 1 unspecified atom stereocenters. The van der Waals surface area contributed by atoms with Crippen molar-refractivity contribution in [3.8, 4) is 17.0 Å². The zero-order chi connectivity index (χ0) is 23.1. The Kier molecular flexibility index (Phi) is 5.87. The van der Waals surface area contributed by atoms with E-state index >= 15 is 0 Å². The first kappa shape index (κ1) is 22.5. The van der Waals surface area contributed by atoms with Crippen LogP contribution in [0.25, 0.3) is 11.3 Å². The largest absolute Gasteiger partial charge is 0.487 e. The first-order chi connectivity index (χ1) is 15.0. The monoisotopic (exact) mass is 471 g/mol. The van der Waals surface area contributed by atoms with Crippen LogP contribution in [0, 0.1) is 6.92 Å². The lowest BCUT2D eigenvalue weighted by Crippen LogP contribution is -2.09. The highest BCUT2D eigenvalue weighted by atomic mass is 35.5. The molecule has 0 aliphatic heterocycles. The number of imidazole rings is 1. The molecule has 4 rings (SSSR count). The zero-order valence-corrected chi connectivity index (χ0v) is 17.7. The van der Waals surface area contributed by atoms with Crippen LogP contribution >= 0.6 is 11.6 Å². The first-order valence-corrected chi connectivity index (χ1v) is 10.3. The Morgan fingerprint density at radius 3 is 2.59 bits per heavy atom. The number of benzene rings is 1. The van der Waals surface area contributed by atoms with E-state index in [0.29, 0.717) is 34.9 Å². The molecule has 1 fully saturated rings. The maximum Gasteiger partial charge on any atom is 0.417 e. The van der Waals surface area contributed by atoms with Crippen LogP contribution in [0.5, 0.6) is 5.75 Å². The van der Waals surface area contributed by atoms with Gasteiger partial charge in [-0.1, -0.05) is 11.6 Å². The number of aromatic nitrogens is 3. The number of pyridine rings is 1. The van der Waals surface area contributed by atoms with Gasteiger partial charge in [0.1, 0.15) is 29.0 Å². The minimum Gasteiger partial charge on any atom is -0.487 e. The summed E-state index contributed by atoms with van der Waals surface area (Å²) in [4.78, 5) is 11.2. The quantitative estimate of drug-likeness (QED) is 0.410. The molecule has 10 heteroatoms. The Morgan fingerprint density at radius 1 is 1.22 bits per heavy atom. The molecule has 0 radical (unpaired) electrons. The normalized spacial score (nSPS) is 18.2. The average molecular weight is 472 g/mol. The lowest BCUT2D eigenvalue weighted by atomic mass is 10.1. The minimum atomic E-state index is -4.44. The van der Waals surface area contributed by atoms with Crippen molar-refractivity contribution in [3.63, 3.8) is 0 Å². The molecule has 1 N–H and O–H groups in total. The Labute approximate surface area is 185 Å². The Balaban J connectivity index is 1.46. The molecule has 1 atom stereocenters. The second-order valence-electron chi connectivity index (χ2n) is 7.89. The number of aryl methyl sites for hydroxylation is 1. The molecule has 3 aromatic rings. The average Bonchev–Trinajstić information content (AvgIpc) is 3.28. The van der Waals surface area contributed by atoms with E-state index in [2.05, 4.69) is 15.0 Å². The molecule has 0 saturated heterocycles. The van der Waals surface area contributed by atoms with Crippen molar-refractivity contribution in [1.29, 1.82) is 0 Å². The summed E-state index contributed by atoms with van der Waals surface area (Å²) in [6, 6.07) is 7.45. The van der Waals surface area contributed by atoms with Gasteiger partial charge in [0.15, 0.2) is 0 Å². The van der Waals surface area contributed by atoms with Crippen LogP contribution in [0.2, 0.25) is 5.15 Å². The van der Waals surface area contributed by atoms with Crippen LogP contribution in [-0.2, 0) is 12.8 Å². The van der Waals surface area contributed by atoms with Crippen LogP contribution in [0.4, 0.5) is 22.0 Å². The molecule has 1 saturated carbocycles. The topological polar surface area (TPSA) is 50.8 Å². The predicted molar refractivity (Wildman–Crippen MR) is 109 cm³/mol. The lowest BCUT2D eigenvalue weighted by Gasteiger charge is -2.11. The minimum absolute atomic E-state index is 0.00151. The van der Waals surface area contributed by atoms with E-state index in [-0.39, 0.29) is 30.5 Å². The number of halogens is 6. The molecule has 32 heavy (non-hydrogen) atoms. The highest BCUT2D eigenvalue weighted by molar-refractivity contribution is 6.31.